The number of phenolic OH excluding ortho intramolecular Hbond substituents is 9. The van der Waals surface area contributed by atoms with Gasteiger partial charge < -0.3 is 50.4 Å². The van der Waals surface area contributed by atoms with Crippen LogP contribution >= 0.6 is 0 Å². The highest BCUT2D eigenvalue weighted by Crippen LogP contribution is 2.63. The van der Waals surface area contributed by atoms with Crippen LogP contribution in [0.4, 0.5) is 0 Å². The van der Waals surface area contributed by atoms with E-state index in [4.69, 9.17) is 4.42 Å². The van der Waals surface area contributed by atoms with Gasteiger partial charge in [0, 0.05) is 16.3 Å². The van der Waals surface area contributed by atoms with Crippen LogP contribution in [0.25, 0.3) is 87.6 Å². The number of rotatable bonds is 3. The van der Waals surface area contributed by atoms with E-state index < -0.39 is 68.4 Å². The second kappa shape index (κ2) is 10.8. The van der Waals surface area contributed by atoms with E-state index in [1.807, 2.05) is 66.7 Å². The van der Waals surface area contributed by atoms with Crippen molar-refractivity contribution in [3.63, 3.8) is 0 Å². The van der Waals surface area contributed by atoms with Crippen LogP contribution in [-0.2, 0) is 0 Å². The lowest BCUT2D eigenvalue weighted by Crippen LogP contribution is -1.94. The summed E-state index contributed by atoms with van der Waals surface area (Å²) in [6.45, 7) is 0. The van der Waals surface area contributed by atoms with Gasteiger partial charge in [-0.25, -0.2) is 0 Å². The summed E-state index contributed by atoms with van der Waals surface area (Å²) in [6.07, 6.45) is 0. The molecule has 0 saturated carbocycles. The Hall–Kier alpha value is -7.46. The van der Waals surface area contributed by atoms with Crippen molar-refractivity contribution in [3.05, 3.63) is 103 Å². The third-order valence-corrected chi connectivity index (χ3v) is 9.82. The van der Waals surface area contributed by atoms with Crippen LogP contribution in [0.1, 0.15) is 0 Å². The Kier molecular flexibility index (Phi) is 6.33. The minimum Gasteiger partial charge on any atom is -0.506 e. The van der Waals surface area contributed by atoms with E-state index in [0.29, 0.717) is 27.1 Å². The zero-order chi connectivity index (χ0) is 36.2. The van der Waals surface area contributed by atoms with E-state index in [1.165, 1.54) is 0 Å². The molecular formula is C42H26O10. The molecule has 0 aliphatic heterocycles. The number of phenols is 9. The van der Waals surface area contributed by atoms with Crippen LogP contribution in [0.3, 0.4) is 0 Å². The summed E-state index contributed by atoms with van der Waals surface area (Å²) in [6, 6.07) is 32.5. The Bertz CT molecular complexity index is 2930. The normalized spacial score (nSPS) is 11.8. The number of hydrogen-bond donors (Lipinski definition) is 9. The van der Waals surface area contributed by atoms with Gasteiger partial charge in [0.25, 0.3) is 0 Å². The van der Waals surface area contributed by atoms with Crippen molar-refractivity contribution < 1.29 is 50.4 Å². The summed E-state index contributed by atoms with van der Waals surface area (Å²) in [4.78, 5) is 0. The van der Waals surface area contributed by atoms with Crippen LogP contribution in [0.5, 0.6) is 51.7 Å². The van der Waals surface area contributed by atoms with Crippen molar-refractivity contribution in [2.75, 3.05) is 0 Å². The van der Waals surface area contributed by atoms with Crippen molar-refractivity contribution >= 4 is 54.3 Å². The van der Waals surface area contributed by atoms with Crippen molar-refractivity contribution in [3.8, 4) is 85.1 Å². The maximum Gasteiger partial charge on any atom is 0.208 e. The zero-order valence-corrected chi connectivity index (χ0v) is 26.7. The monoisotopic (exact) mass is 690 g/mol. The summed E-state index contributed by atoms with van der Waals surface area (Å²) in [5.41, 5.74) is 1.18. The highest BCUT2D eigenvalue weighted by molar-refractivity contribution is 6.24. The fraction of sp³-hybridized carbons (Fsp3) is 0. The second-order valence-electron chi connectivity index (χ2n) is 12.6. The van der Waals surface area contributed by atoms with E-state index >= 15 is 0 Å². The predicted molar refractivity (Wildman–Crippen MR) is 198 cm³/mol. The van der Waals surface area contributed by atoms with Gasteiger partial charge in [0.2, 0.25) is 23.0 Å². The third-order valence-electron chi connectivity index (χ3n) is 9.82. The lowest BCUT2D eigenvalue weighted by Gasteiger charge is -2.22. The van der Waals surface area contributed by atoms with Crippen LogP contribution in [-0.4, -0.2) is 46.0 Å². The van der Waals surface area contributed by atoms with Gasteiger partial charge in [0.15, 0.2) is 23.0 Å². The molecule has 9 N–H and O–H groups in total. The first-order chi connectivity index (χ1) is 25.1. The molecule has 0 spiro atoms. The molecule has 254 valence electrons. The molecule has 0 atom stereocenters. The summed E-state index contributed by atoms with van der Waals surface area (Å²) >= 11 is 0. The summed E-state index contributed by atoms with van der Waals surface area (Å²) < 4.78 is 6.26. The molecule has 10 heteroatoms. The quantitative estimate of drug-likeness (QED) is 0.0489. The molecule has 10 nitrogen and oxygen atoms in total. The summed E-state index contributed by atoms with van der Waals surface area (Å²) in [5.74, 6) is -10.4. The fourth-order valence-electron chi connectivity index (χ4n) is 7.42. The topological polar surface area (TPSA) is 195 Å². The molecule has 0 unspecified atom stereocenters. The van der Waals surface area contributed by atoms with E-state index in [0.717, 1.165) is 38.3 Å². The molecular weight excluding hydrogens is 664 g/mol. The zero-order valence-electron chi connectivity index (χ0n) is 26.7. The molecule has 0 bridgehead atoms. The van der Waals surface area contributed by atoms with Gasteiger partial charge >= 0.3 is 0 Å². The number of furan rings is 1. The minimum atomic E-state index is -1.27. The number of benzene rings is 8. The molecule has 8 aromatic carbocycles. The van der Waals surface area contributed by atoms with Crippen LogP contribution in [0, 0.1) is 0 Å². The molecule has 0 fully saturated rings. The molecule has 1 aromatic heterocycles. The Morgan fingerprint density at radius 3 is 1.25 bits per heavy atom. The first-order valence-corrected chi connectivity index (χ1v) is 16.0. The first-order valence-electron chi connectivity index (χ1n) is 16.0. The van der Waals surface area contributed by atoms with Gasteiger partial charge in [0.05, 0.1) is 16.7 Å². The average molecular weight is 691 g/mol. The molecule has 9 rings (SSSR count). The van der Waals surface area contributed by atoms with E-state index in [9.17, 15) is 46.0 Å². The molecule has 52 heavy (non-hydrogen) atoms. The van der Waals surface area contributed by atoms with Gasteiger partial charge in [-0.3, -0.25) is 0 Å². The number of fused-ring (bicyclic) bond motifs is 6. The second-order valence-corrected chi connectivity index (χ2v) is 12.6. The van der Waals surface area contributed by atoms with Crippen molar-refractivity contribution in [1.29, 1.82) is 0 Å². The van der Waals surface area contributed by atoms with Crippen molar-refractivity contribution in [1.82, 2.24) is 0 Å². The average Bonchev–Trinajstić information content (AvgIpc) is 3.52. The molecule has 0 radical (unpaired) electrons. The maximum absolute atomic E-state index is 11.9. The predicted octanol–water partition coefficient (Wildman–Crippen LogP) is 9.40. The maximum atomic E-state index is 11.9. The standard InChI is InChI=1S/C42H26O10/c43-34-31(35(44)39(48)36(45)32(34)33-37(46)40(49)42(51)41(50)38(33)47)30-23-11-5-3-9-21(23)29(22-10-4-6-12-24(22)30)20-13-14-27-25(16-20)26-15-18-7-1-2-8-19(18)17-28(26)52-27/h1-17,43-51H. The van der Waals surface area contributed by atoms with Gasteiger partial charge in [-0.05, 0) is 67.7 Å². The van der Waals surface area contributed by atoms with E-state index in [1.54, 1.807) is 24.3 Å². The fourth-order valence-corrected chi connectivity index (χ4v) is 7.42. The molecule has 0 saturated heterocycles. The highest BCUT2D eigenvalue weighted by Gasteiger charge is 2.34. The van der Waals surface area contributed by atoms with Gasteiger partial charge in [-0.15, -0.1) is 0 Å². The van der Waals surface area contributed by atoms with E-state index in [2.05, 4.69) is 12.1 Å². The summed E-state index contributed by atoms with van der Waals surface area (Å²) in [5, 5.41) is 104. The largest absolute Gasteiger partial charge is 0.506 e. The highest BCUT2D eigenvalue weighted by atomic mass is 16.4. The van der Waals surface area contributed by atoms with Gasteiger partial charge in [-0.1, -0.05) is 78.9 Å². The van der Waals surface area contributed by atoms with Gasteiger partial charge in [0.1, 0.15) is 16.9 Å². The summed E-state index contributed by atoms with van der Waals surface area (Å²) in [7, 11) is 0. The van der Waals surface area contributed by atoms with E-state index in [-0.39, 0.29) is 5.56 Å². The van der Waals surface area contributed by atoms with Crippen LogP contribution in [0.15, 0.2) is 108 Å². The minimum absolute atomic E-state index is 0.217. The Morgan fingerprint density at radius 1 is 0.288 bits per heavy atom. The third kappa shape index (κ3) is 4.06. The lowest BCUT2D eigenvalue weighted by atomic mass is 9.84. The molecule has 1 heterocycles. The van der Waals surface area contributed by atoms with Crippen LogP contribution in [0.2, 0.25) is 0 Å². The van der Waals surface area contributed by atoms with Crippen molar-refractivity contribution in [2.24, 2.45) is 0 Å². The van der Waals surface area contributed by atoms with Gasteiger partial charge in [-0.2, -0.15) is 0 Å². The molecule has 9 aromatic rings. The van der Waals surface area contributed by atoms with Crippen LogP contribution < -0.4 is 0 Å². The lowest BCUT2D eigenvalue weighted by molar-refractivity contribution is 0.329. The number of hydrogen-bond acceptors (Lipinski definition) is 10. The first kappa shape index (κ1) is 30.6. The Labute approximate surface area is 292 Å². The number of aromatic hydroxyl groups is 9. The Balaban J connectivity index is 1.37. The van der Waals surface area contributed by atoms with Crippen molar-refractivity contribution in [2.45, 2.75) is 0 Å². The molecule has 0 aliphatic carbocycles. The Morgan fingerprint density at radius 2 is 0.692 bits per heavy atom. The molecule has 0 amide bonds. The SMILES string of the molecule is Oc1c(O)c(O)c(-c2c(O)c(O)c(O)c(-c3c4ccccc4c(-c4ccc5oc6cc7ccccc7cc6c5c4)c4ccccc34)c2O)c(O)c1O. The molecule has 0 aliphatic rings. The smallest absolute Gasteiger partial charge is 0.208 e.